The standard InChI is InChI=1S/C19H25N3O3/c1-21(9-14-7-8-14)15-11-25-12-16-17(15)20-18(23)19(24)22(16)10-13-5-3-2-4-6-13/h2-6,14-17H,7-12H2,1H3,(H,20,23)/t15-,16?,17?/m0/s1. The number of carbonyl (C=O) groups excluding carboxylic acids is 2. The van der Waals surface area contributed by atoms with Gasteiger partial charge in [0.05, 0.1) is 31.3 Å². The van der Waals surface area contributed by atoms with Crippen LogP contribution in [0.5, 0.6) is 0 Å². The Bertz CT molecular complexity index is 647. The van der Waals surface area contributed by atoms with Gasteiger partial charge in [0.25, 0.3) is 0 Å². The summed E-state index contributed by atoms with van der Waals surface area (Å²) in [5.74, 6) is -0.185. The van der Waals surface area contributed by atoms with E-state index in [4.69, 9.17) is 4.74 Å². The van der Waals surface area contributed by atoms with Crippen LogP contribution in [-0.2, 0) is 20.9 Å². The van der Waals surface area contributed by atoms with Crippen molar-refractivity contribution in [3.63, 3.8) is 0 Å². The molecule has 1 saturated carbocycles. The van der Waals surface area contributed by atoms with Crippen LogP contribution in [0.1, 0.15) is 18.4 Å². The quantitative estimate of drug-likeness (QED) is 0.797. The highest BCUT2D eigenvalue weighted by Gasteiger charge is 2.47. The lowest BCUT2D eigenvalue weighted by atomic mass is 9.92. The highest BCUT2D eigenvalue weighted by molar-refractivity contribution is 6.35. The molecule has 1 aromatic rings. The molecule has 3 atom stereocenters. The zero-order valence-electron chi connectivity index (χ0n) is 14.6. The molecule has 1 N–H and O–H groups in total. The number of hydrogen-bond acceptors (Lipinski definition) is 4. The van der Waals surface area contributed by atoms with E-state index in [1.54, 1.807) is 4.90 Å². The maximum atomic E-state index is 12.5. The zero-order valence-corrected chi connectivity index (χ0v) is 14.6. The average molecular weight is 343 g/mol. The fourth-order valence-electron chi connectivity index (χ4n) is 3.96. The molecule has 0 aromatic heterocycles. The van der Waals surface area contributed by atoms with Gasteiger partial charge in [-0.3, -0.25) is 14.5 Å². The Morgan fingerprint density at radius 2 is 1.96 bits per heavy atom. The van der Waals surface area contributed by atoms with Crippen LogP contribution in [-0.4, -0.2) is 66.5 Å². The lowest BCUT2D eigenvalue weighted by Gasteiger charge is -2.49. The average Bonchev–Trinajstić information content (AvgIpc) is 3.43. The molecule has 2 amide bonds. The molecule has 134 valence electrons. The zero-order chi connectivity index (χ0) is 17.4. The van der Waals surface area contributed by atoms with E-state index in [9.17, 15) is 9.59 Å². The van der Waals surface area contributed by atoms with Crippen LogP contribution in [0, 0.1) is 5.92 Å². The van der Waals surface area contributed by atoms with E-state index in [0.717, 1.165) is 18.0 Å². The Balaban J connectivity index is 1.54. The van der Waals surface area contributed by atoms with Crippen LogP contribution in [0.4, 0.5) is 0 Å². The van der Waals surface area contributed by atoms with Gasteiger partial charge < -0.3 is 15.0 Å². The van der Waals surface area contributed by atoms with Crippen molar-refractivity contribution in [3.8, 4) is 0 Å². The first kappa shape index (κ1) is 16.5. The summed E-state index contributed by atoms with van der Waals surface area (Å²) < 4.78 is 5.84. The third-order valence-electron chi connectivity index (χ3n) is 5.56. The maximum absolute atomic E-state index is 12.5. The van der Waals surface area contributed by atoms with Gasteiger partial charge in [-0.1, -0.05) is 30.3 Å². The van der Waals surface area contributed by atoms with Gasteiger partial charge in [-0.25, -0.2) is 0 Å². The highest BCUT2D eigenvalue weighted by atomic mass is 16.5. The van der Waals surface area contributed by atoms with Crippen molar-refractivity contribution in [2.24, 2.45) is 5.92 Å². The Morgan fingerprint density at radius 1 is 1.20 bits per heavy atom. The Hall–Kier alpha value is -1.92. The Kier molecular flexibility index (Phi) is 4.48. The molecule has 2 saturated heterocycles. The van der Waals surface area contributed by atoms with Crippen molar-refractivity contribution < 1.29 is 14.3 Å². The molecule has 0 bridgehead atoms. The molecule has 3 fully saturated rings. The van der Waals surface area contributed by atoms with Crippen molar-refractivity contribution in [3.05, 3.63) is 35.9 Å². The molecular formula is C19H25N3O3. The van der Waals surface area contributed by atoms with E-state index in [-0.39, 0.29) is 18.1 Å². The molecule has 2 unspecified atom stereocenters. The third kappa shape index (κ3) is 3.41. The predicted molar refractivity (Wildman–Crippen MR) is 92.7 cm³/mol. The molecule has 6 nitrogen and oxygen atoms in total. The fourth-order valence-corrected chi connectivity index (χ4v) is 3.96. The summed E-state index contributed by atoms with van der Waals surface area (Å²) in [6.07, 6.45) is 2.58. The fraction of sp³-hybridized carbons (Fsp3) is 0.579. The summed E-state index contributed by atoms with van der Waals surface area (Å²) in [4.78, 5) is 28.8. The second-order valence-corrected chi connectivity index (χ2v) is 7.47. The van der Waals surface area contributed by atoms with Crippen molar-refractivity contribution in [2.45, 2.75) is 37.5 Å². The number of fused-ring (bicyclic) bond motifs is 1. The monoisotopic (exact) mass is 343 g/mol. The molecule has 0 spiro atoms. The van der Waals surface area contributed by atoms with Crippen molar-refractivity contribution in [2.75, 3.05) is 26.8 Å². The Labute approximate surface area is 148 Å². The summed E-state index contributed by atoms with van der Waals surface area (Å²) in [5, 5.41) is 2.96. The second kappa shape index (κ2) is 6.77. The van der Waals surface area contributed by atoms with Gasteiger partial charge >= 0.3 is 11.8 Å². The molecule has 2 aliphatic heterocycles. The molecule has 4 rings (SSSR count). The molecule has 25 heavy (non-hydrogen) atoms. The first-order valence-electron chi connectivity index (χ1n) is 9.07. The van der Waals surface area contributed by atoms with Gasteiger partial charge in [0.2, 0.25) is 0 Å². The van der Waals surface area contributed by atoms with Gasteiger partial charge in [-0.05, 0) is 31.4 Å². The van der Waals surface area contributed by atoms with Crippen LogP contribution in [0.2, 0.25) is 0 Å². The van der Waals surface area contributed by atoms with Gasteiger partial charge in [0.1, 0.15) is 0 Å². The minimum atomic E-state index is -0.496. The number of piperazine rings is 1. The molecule has 6 heteroatoms. The van der Waals surface area contributed by atoms with Crippen LogP contribution in [0.25, 0.3) is 0 Å². The summed E-state index contributed by atoms with van der Waals surface area (Å²) in [7, 11) is 2.10. The van der Waals surface area contributed by atoms with Crippen LogP contribution < -0.4 is 5.32 Å². The highest BCUT2D eigenvalue weighted by Crippen LogP contribution is 2.31. The van der Waals surface area contributed by atoms with Crippen molar-refractivity contribution in [1.29, 1.82) is 0 Å². The number of amides is 2. The maximum Gasteiger partial charge on any atom is 0.312 e. The van der Waals surface area contributed by atoms with E-state index in [2.05, 4.69) is 17.3 Å². The smallest absolute Gasteiger partial charge is 0.312 e. The molecule has 2 heterocycles. The molecule has 3 aliphatic rings. The second-order valence-electron chi connectivity index (χ2n) is 7.47. The largest absolute Gasteiger partial charge is 0.378 e. The van der Waals surface area contributed by atoms with Gasteiger partial charge in [-0.2, -0.15) is 0 Å². The van der Waals surface area contributed by atoms with Crippen LogP contribution in [0.15, 0.2) is 30.3 Å². The van der Waals surface area contributed by atoms with Crippen molar-refractivity contribution >= 4 is 11.8 Å². The SMILES string of the molecule is CN(CC1CC1)[C@H]1COCC2C1NC(=O)C(=O)N2Cc1ccccc1. The molecule has 1 aromatic carbocycles. The minimum Gasteiger partial charge on any atom is -0.378 e. The lowest BCUT2D eigenvalue weighted by molar-refractivity contribution is -0.160. The molecule has 0 radical (unpaired) electrons. The van der Waals surface area contributed by atoms with E-state index >= 15 is 0 Å². The van der Waals surface area contributed by atoms with Gasteiger partial charge in [0, 0.05) is 13.1 Å². The number of nitrogens with one attached hydrogen (secondary N) is 1. The van der Waals surface area contributed by atoms with E-state index < -0.39 is 11.8 Å². The van der Waals surface area contributed by atoms with Gasteiger partial charge in [-0.15, -0.1) is 0 Å². The third-order valence-corrected chi connectivity index (χ3v) is 5.56. The minimum absolute atomic E-state index is 0.0774. The topological polar surface area (TPSA) is 61.9 Å². The number of likely N-dealkylation sites (N-methyl/N-ethyl adjacent to an activating group) is 1. The van der Waals surface area contributed by atoms with Crippen LogP contribution >= 0.6 is 0 Å². The normalized spacial score (nSPS) is 29.5. The molecule has 1 aliphatic carbocycles. The summed E-state index contributed by atoms with van der Waals surface area (Å²) in [5.41, 5.74) is 1.03. The first-order chi connectivity index (χ1) is 12.1. The number of hydrogen-bond donors (Lipinski definition) is 1. The van der Waals surface area contributed by atoms with E-state index in [0.29, 0.717) is 19.8 Å². The van der Waals surface area contributed by atoms with E-state index in [1.807, 2.05) is 30.3 Å². The number of ether oxygens (including phenoxy) is 1. The Morgan fingerprint density at radius 3 is 2.68 bits per heavy atom. The molecular weight excluding hydrogens is 318 g/mol. The van der Waals surface area contributed by atoms with Crippen molar-refractivity contribution in [1.82, 2.24) is 15.1 Å². The van der Waals surface area contributed by atoms with Crippen LogP contribution in [0.3, 0.4) is 0 Å². The summed E-state index contributed by atoms with van der Waals surface area (Å²) >= 11 is 0. The number of rotatable bonds is 5. The summed E-state index contributed by atoms with van der Waals surface area (Å²) in [6.45, 7) is 2.53. The summed E-state index contributed by atoms with van der Waals surface area (Å²) in [6, 6.07) is 9.72. The first-order valence-corrected chi connectivity index (χ1v) is 9.07. The lowest BCUT2D eigenvalue weighted by Crippen LogP contribution is -2.72. The number of carbonyl (C=O) groups is 2. The van der Waals surface area contributed by atoms with E-state index in [1.165, 1.54) is 12.8 Å². The number of nitrogens with zero attached hydrogens (tertiary/aromatic N) is 2. The number of benzene rings is 1. The van der Waals surface area contributed by atoms with Gasteiger partial charge in [0.15, 0.2) is 0 Å². The predicted octanol–water partition coefficient (Wildman–Crippen LogP) is 0.623.